The van der Waals surface area contributed by atoms with Gasteiger partial charge < -0.3 is 9.15 Å². The molecule has 3 nitrogen and oxygen atoms in total. The smallest absolute Gasteiger partial charge is 0.134 e. The fourth-order valence-electron chi connectivity index (χ4n) is 2.59. The maximum Gasteiger partial charge on any atom is 0.134 e. The molecule has 3 aromatic rings. The van der Waals surface area contributed by atoms with Crippen molar-refractivity contribution in [2.45, 2.75) is 6.54 Å². The molecule has 0 amide bonds. The van der Waals surface area contributed by atoms with Crippen LogP contribution in [0, 0.1) is 0 Å². The first kappa shape index (κ1) is 15.4. The lowest BCUT2D eigenvalue weighted by Crippen LogP contribution is -2.17. The van der Waals surface area contributed by atoms with Crippen molar-refractivity contribution in [1.29, 1.82) is 0 Å². The summed E-state index contributed by atoms with van der Waals surface area (Å²) >= 11 is 0. The van der Waals surface area contributed by atoms with Crippen molar-refractivity contribution in [1.82, 2.24) is 4.90 Å². The summed E-state index contributed by atoms with van der Waals surface area (Å²) in [5.74, 6) is 0.881. The van der Waals surface area contributed by atoms with Crippen LogP contribution < -0.4 is 4.74 Å². The van der Waals surface area contributed by atoms with Crippen LogP contribution >= 0.6 is 0 Å². The number of likely N-dealkylation sites (N-methyl/N-ethyl adjacent to an activating group) is 1. The molecule has 0 bridgehead atoms. The van der Waals surface area contributed by atoms with Gasteiger partial charge in [-0.3, -0.25) is 4.90 Å². The van der Waals surface area contributed by atoms with Gasteiger partial charge in [0.05, 0.1) is 13.4 Å². The van der Waals surface area contributed by atoms with Crippen LogP contribution in [0.15, 0.2) is 65.3 Å². The molecule has 0 N–H and O–H groups in total. The van der Waals surface area contributed by atoms with Crippen LogP contribution in [0.2, 0.25) is 0 Å². The Bertz CT molecular complexity index is 787. The molecule has 118 valence electrons. The second kappa shape index (κ2) is 7.16. The van der Waals surface area contributed by atoms with Crippen LogP contribution in [-0.4, -0.2) is 25.6 Å². The van der Waals surface area contributed by atoms with Crippen molar-refractivity contribution in [2.24, 2.45) is 0 Å². The number of furan rings is 1. The van der Waals surface area contributed by atoms with Crippen LogP contribution in [0.3, 0.4) is 0 Å². The van der Waals surface area contributed by atoms with E-state index in [1.807, 2.05) is 36.6 Å². The van der Waals surface area contributed by atoms with E-state index in [0.717, 1.165) is 24.4 Å². The Balaban J connectivity index is 1.58. The quantitative estimate of drug-likeness (QED) is 0.666. The Kier molecular flexibility index (Phi) is 4.79. The van der Waals surface area contributed by atoms with Crippen molar-refractivity contribution in [3.8, 4) is 5.75 Å². The molecule has 23 heavy (non-hydrogen) atoms. The third kappa shape index (κ3) is 3.82. The molecule has 0 saturated carbocycles. The van der Waals surface area contributed by atoms with Crippen molar-refractivity contribution in [2.75, 3.05) is 20.7 Å². The predicted molar refractivity (Wildman–Crippen MR) is 94.6 cm³/mol. The van der Waals surface area contributed by atoms with Crippen molar-refractivity contribution in [3.05, 3.63) is 72.0 Å². The first-order valence-corrected chi connectivity index (χ1v) is 7.70. The van der Waals surface area contributed by atoms with E-state index in [1.54, 1.807) is 7.11 Å². The summed E-state index contributed by atoms with van der Waals surface area (Å²) in [5.41, 5.74) is 3.35. The first-order chi connectivity index (χ1) is 11.3. The molecule has 0 unspecified atom stereocenters. The van der Waals surface area contributed by atoms with Gasteiger partial charge in [0.2, 0.25) is 0 Å². The molecule has 0 saturated heterocycles. The van der Waals surface area contributed by atoms with E-state index in [2.05, 4.69) is 42.3 Å². The van der Waals surface area contributed by atoms with Crippen molar-refractivity contribution < 1.29 is 9.15 Å². The maximum atomic E-state index is 5.59. The van der Waals surface area contributed by atoms with Gasteiger partial charge in [-0.15, -0.1) is 0 Å². The molecule has 0 atom stereocenters. The van der Waals surface area contributed by atoms with Gasteiger partial charge in [-0.1, -0.05) is 42.5 Å². The minimum atomic E-state index is 0.865. The van der Waals surface area contributed by atoms with Crippen molar-refractivity contribution in [3.63, 3.8) is 0 Å². The first-order valence-electron chi connectivity index (χ1n) is 7.70. The van der Waals surface area contributed by atoms with E-state index in [-0.39, 0.29) is 0 Å². The number of para-hydroxylation sites is 1. The number of hydrogen-bond donors (Lipinski definition) is 0. The minimum Gasteiger partial charge on any atom is -0.497 e. The highest BCUT2D eigenvalue weighted by Crippen LogP contribution is 2.21. The summed E-state index contributed by atoms with van der Waals surface area (Å²) in [7, 11) is 3.79. The average Bonchev–Trinajstić information content (AvgIpc) is 2.99. The molecule has 0 aliphatic carbocycles. The standard InChI is InChI=1S/C20H21NO2/c1-21(13-5-6-16-9-11-18(22-2)12-10-16)14-17-15-23-20-8-4-3-7-19(17)20/h3-12,15H,13-14H2,1-2H3. The highest BCUT2D eigenvalue weighted by molar-refractivity contribution is 5.80. The zero-order valence-electron chi connectivity index (χ0n) is 13.5. The van der Waals surface area contributed by atoms with Crippen LogP contribution in [0.1, 0.15) is 11.1 Å². The van der Waals surface area contributed by atoms with Crippen LogP contribution in [0.25, 0.3) is 17.0 Å². The van der Waals surface area contributed by atoms with Gasteiger partial charge in [-0.05, 0) is 30.8 Å². The van der Waals surface area contributed by atoms with Crippen molar-refractivity contribution >= 4 is 17.0 Å². The Labute approximate surface area is 136 Å². The number of nitrogens with zero attached hydrogens (tertiary/aromatic N) is 1. The van der Waals surface area contributed by atoms with Gasteiger partial charge in [-0.2, -0.15) is 0 Å². The molecule has 2 aromatic carbocycles. The third-order valence-electron chi connectivity index (χ3n) is 3.84. The molecule has 1 aromatic heterocycles. The molecule has 0 fully saturated rings. The summed E-state index contributed by atoms with van der Waals surface area (Å²) in [6.45, 7) is 1.75. The summed E-state index contributed by atoms with van der Waals surface area (Å²) in [6.07, 6.45) is 6.15. The number of methoxy groups -OCH3 is 1. The minimum absolute atomic E-state index is 0.865. The summed E-state index contributed by atoms with van der Waals surface area (Å²) in [4.78, 5) is 2.26. The zero-order chi connectivity index (χ0) is 16.1. The molecule has 1 heterocycles. The van der Waals surface area contributed by atoms with Crippen LogP contribution in [0.5, 0.6) is 5.75 Å². The highest BCUT2D eigenvalue weighted by atomic mass is 16.5. The average molecular weight is 307 g/mol. The molecule has 0 aliphatic rings. The van der Waals surface area contributed by atoms with E-state index in [1.165, 1.54) is 16.5 Å². The summed E-state index contributed by atoms with van der Waals surface area (Å²) in [6, 6.07) is 16.2. The SMILES string of the molecule is COc1ccc(C=CCN(C)Cc2coc3ccccc23)cc1. The van der Waals surface area contributed by atoms with Gasteiger partial charge in [0, 0.05) is 24.0 Å². The second-order valence-electron chi connectivity index (χ2n) is 5.63. The molecule has 0 aliphatic heterocycles. The maximum absolute atomic E-state index is 5.59. The topological polar surface area (TPSA) is 25.6 Å². The lowest BCUT2D eigenvalue weighted by Gasteiger charge is -2.13. The van der Waals surface area contributed by atoms with E-state index in [9.17, 15) is 0 Å². The number of rotatable bonds is 6. The number of hydrogen-bond acceptors (Lipinski definition) is 3. The molecule has 3 rings (SSSR count). The van der Waals surface area contributed by atoms with Gasteiger partial charge in [0.25, 0.3) is 0 Å². The molecule has 3 heteroatoms. The van der Waals surface area contributed by atoms with E-state index < -0.39 is 0 Å². The van der Waals surface area contributed by atoms with Gasteiger partial charge >= 0.3 is 0 Å². The molecule has 0 radical (unpaired) electrons. The van der Waals surface area contributed by atoms with Gasteiger partial charge in [0.1, 0.15) is 11.3 Å². The van der Waals surface area contributed by atoms with Gasteiger partial charge in [0.15, 0.2) is 0 Å². The summed E-state index contributed by atoms with van der Waals surface area (Å²) in [5, 5.41) is 1.19. The van der Waals surface area contributed by atoms with Crippen LogP contribution in [0.4, 0.5) is 0 Å². The van der Waals surface area contributed by atoms with Gasteiger partial charge in [-0.25, -0.2) is 0 Å². The Morgan fingerprint density at radius 3 is 2.65 bits per heavy atom. The molecule has 0 spiro atoms. The fourth-order valence-corrected chi connectivity index (χ4v) is 2.59. The predicted octanol–water partition coefficient (Wildman–Crippen LogP) is 4.59. The van der Waals surface area contributed by atoms with E-state index in [0.29, 0.717) is 0 Å². The second-order valence-corrected chi connectivity index (χ2v) is 5.63. The number of benzene rings is 2. The van der Waals surface area contributed by atoms with Crippen LogP contribution in [-0.2, 0) is 6.54 Å². The Morgan fingerprint density at radius 2 is 1.87 bits per heavy atom. The lowest BCUT2D eigenvalue weighted by molar-refractivity contribution is 0.363. The van der Waals surface area contributed by atoms with E-state index in [4.69, 9.17) is 9.15 Å². The largest absolute Gasteiger partial charge is 0.497 e. The normalized spacial score (nSPS) is 11.6. The van der Waals surface area contributed by atoms with E-state index >= 15 is 0 Å². The highest BCUT2D eigenvalue weighted by Gasteiger charge is 2.06. The Hall–Kier alpha value is -2.52. The lowest BCUT2D eigenvalue weighted by atomic mass is 10.1. The number of ether oxygens (including phenoxy) is 1. The zero-order valence-corrected chi connectivity index (χ0v) is 13.5. The fraction of sp³-hybridized carbons (Fsp3) is 0.200. The molecular formula is C20H21NO2. The molecular weight excluding hydrogens is 286 g/mol. The monoisotopic (exact) mass is 307 g/mol. The summed E-state index contributed by atoms with van der Waals surface area (Å²) < 4.78 is 10.8. The number of fused-ring (bicyclic) bond motifs is 1. The third-order valence-corrected chi connectivity index (χ3v) is 3.84. The Morgan fingerprint density at radius 1 is 1.09 bits per heavy atom.